The fourth-order valence-corrected chi connectivity index (χ4v) is 2.04. The average molecular weight is 202 g/mol. The van der Waals surface area contributed by atoms with Crippen LogP contribution in [-0.4, -0.2) is 18.2 Å². The summed E-state index contributed by atoms with van der Waals surface area (Å²) < 4.78 is 31.6. The van der Waals surface area contributed by atoms with Gasteiger partial charge in [-0.25, -0.2) is 8.42 Å². The number of rotatable bonds is 4. The molecular formula is C7H15NaO3S. The minimum Gasteiger partial charge on any atom is -0.748 e. The molecule has 0 aliphatic carbocycles. The smallest absolute Gasteiger partial charge is 0.748 e. The summed E-state index contributed by atoms with van der Waals surface area (Å²) in [5.74, 6) is 0.267. The van der Waals surface area contributed by atoms with E-state index in [9.17, 15) is 13.0 Å². The van der Waals surface area contributed by atoms with Crippen LogP contribution in [0.25, 0.3) is 0 Å². The van der Waals surface area contributed by atoms with Crippen molar-refractivity contribution in [1.29, 1.82) is 0 Å². The minimum atomic E-state index is -4.06. The first-order valence-electron chi connectivity index (χ1n) is 3.82. The van der Waals surface area contributed by atoms with Crippen LogP contribution in [0, 0.1) is 5.92 Å². The summed E-state index contributed by atoms with van der Waals surface area (Å²) in [5.41, 5.74) is 0. The molecule has 0 saturated carbocycles. The summed E-state index contributed by atoms with van der Waals surface area (Å²) in [6.45, 7) is 5.55. The van der Waals surface area contributed by atoms with E-state index in [1.165, 1.54) is 0 Å². The molecule has 0 aromatic rings. The van der Waals surface area contributed by atoms with Gasteiger partial charge in [0.15, 0.2) is 0 Å². The van der Waals surface area contributed by atoms with Crippen molar-refractivity contribution in [3.8, 4) is 0 Å². The van der Waals surface area contributed by atoms with Crippen molar-refractivity contribution < 1.29 is 42.5 Å². The minimum absolute atomic E-state index is 0. The standard InChI is InChI=1S/C7H16O3S.Na/c1-4-7(5-6(2)3)11(8,9)10;/h6-7H,4-5H2,1-3H3,(H,8,9,10);/q;+1/p-1. The van der Waals surface area contributed by atoms with Crippen LogP contribution in [0.15, 0.2) is 0 Å². The molecule has 0 aliphatic heterocycles. The van der Waals surface area contributed by atoms with Crippen molar-refractivity contribution in [1.82, 2.24) is 0 Å². The fraction of sp³-hybridized carbons (Fsp3) is 1.00. The normalized spacial score (nSPS) is 14.1. The third-order valence-electron chi connectivity index (χ3n) is 1.60. The molecule has 68 valence electrons. The van der Waals surface area contributed by atoms with E-state index in [2.05, 4.69) is 0 Å². The van der Waals surface area contributed by atoms with Gasteiger partial charge < -0.3 is 4.55 Å². The molecule has 5 heteroatoms. The van der Waals surface area contributed by atoms with Crippen molar-refractivity contribution in [3.63, 3.8) is 0 Å². The quantitative estimate of drug-likeness (QED) is 0.406. The van der Waals surface area contributed by atoms with Crippen molar-refractivity contribution in [3.05, 3.63) is 0 Å². The van der Waals surface area contributed by atoms with Crippen LogP contribution in [0.3, 0.4) is 0 Å². The first-order valence-corrected chi connectivity index (χ1v) is 5.29. The molecule has 0 radical (unpaired) electrons. The average Bonchev–Trinajstić information content (AvgIpc) is 1.79. The van der Waals surface area contributed by atoms with E-state index >= 15 is 0 Å². The van der Waals surface area contributed by atoms with Crippen LogP contribution in [0.5, 0.6) is 0 Å². The number of hydrogen-bond acceptors (Lipinski definition) is 3. The largest absolute Gasteiger partial charge is 1.00 e. The Bertz CT molecular complexity index is 199. The zero-order valence-corrected chi connectivity index (χ0v) is 11.0. The number of hydrogen-bond donors (Lipinski definition) is 0. The predicted octanol–water partition coefficient (Wildman–Crippen LogP) is -1.64. The van der Waals surface area contributed by atoms with E-state index < -0.39 is 15.4 Å². The molecule has 0 heterocycles. The van der Waals surface area contributed by atoms with Crippen molar-refractivity contribution in [2.45, 2.75) is 38.9 Å². The van der Waals surface area contributed by atoms with Crippen LogP contribution in [0.1, 0.15) is 33.6 Å². The van der Waals surface area contributed by atoms with E-state index in [1.54, 1.807) is 6.92 Å². The molecule has 0 N–H and O–H groups in total. The van der Waals surface area contributed by atoms with Gasteiger partial charge in [-0.15, -0.1) is 0 Å². The van der Waals surface area contributed by atoms with Gasteiger partial charge in [0.25, 0.3) is 0 Å². The maximum absolute atomic E-state index is 10.5. The summed E-state index contributed by atoms with van der Waals surface area (Å²) in [4.78, 5) is 0. The van der Waals surface area contributed by atoms with Crippen LogP contribution in [0.2, 0.25) is 0 Å². The molecule has 0 fully saturated rings. The zero-order valence-electron chi connectivity index (χ0n) is 8.20. The molecule has 0 spiro atoms. The molecule has 3 nitrogen and oxygen atoms in total. The molecule has 0 amide bonds. The second-order valence-electron chi connectivity index (χ2n) is 3.15. The summed E-state index contributed by atoms with van der Waals surface area (Å²) in [5, 5.41) is -0.692. The monoisotopic (exact) mass is 202 g/mol. The zero-order chi connectivity index (χ0) is 9.07. The summed E-state index contributed by atoms with van der Waals surface area (Å²) in [6, 6.07) is 0. The Labute approximate surface area is 97.0 Å². The van der Waals surface area contributed by atoms with Crippen LogP contribution in [-0.2, 0) is 10.1 Å². The van der Waals surface area contributed by atoms with Gasteiger partial charge in [-0.05, 0) is 18.8 Å². The van der Waals surface area contributed by atoms with Crippen molar-refractivity contribution >= 4 is 10.1 Å². The van der Waals surface area contributed by atoms with Crippen LogP contribution in [0.4, 0.5) is 0 Å². The third-order valence-corrected chi connectivity index (χ3v) is 2.94. The van der Waals surface area contributed by atoms with Gasteiger partial charge in [0.05, 0.1) is 10.1 Å². The van der Waals surface area contributed by atoms with Crippen LogP contribution < -0.4 is 29.6 Å². The third kappa shape index (κ3) is 6.43. The van der Waals surface area contributed by atoms with Gasteiger partial charge in [-0.1, -0.05) is 20.8 Å². The Morgan fingerprint density at radius 2 is 1.75 bits per heavy atom. The molecule has 0 aliphatic rings. The van der Waals surface area contributed by atoms with Gasteiger partial charge in [-0.2, -0.15) is 0 Å². The van der Waals surface area contributed by atoms with Gasteiger partial charge >= 0.3 is 29.6 Å². The van der Waals surface area contributed by atoms with E-state index in [-0.39, 0.29) is 35.5 Å². The molecular weight excluding hydrogens is 187 g/mol. The molecule has 0 rings (SSSR count). The summed E-state index contributed by atoms with van der Waals surface area (Å²) in [7, 11) is -4.06. The van der Waals surface area contributed by atoms with E-state index in [4.69, 9.17) is 0 Å². The Balaban J connectivity index is 0. The van der Waals surface area contributed by atoms with Gasteiger partial charge in [0.2, 0.25) is 0 Å². The van der Waals surface area contributed by atoms with E-state index in [0.29, 0.717) is 12.8 Å². The van der Waals surface area contributed by atoms with E-state index in [1.807, 2.05) is 13.8 Å². The fourth-order valence-electron chi connectivity index (χ4n) is 1.01. The maximum Gasteiger partial charge on any atom is 1.00 e. The summed E-state index contributed by atoms with van der Waals surface area (Å²) >= 11 is 0. The first kappa shape index (κ1) is 15.4. The molecule has 12 heavy (non-hydrogen) atoms. The van der Waals surface area contributed by atoms with Crippen molar-refractivity contribution in [2.24, 2.45) is 5.92 Å². The van der Waals surface area contributed by atoms with Gasteiger partial charge in [0, 0.05) is 5.25 Å². The molecule has 0 saturated heterocycles. The first-order chi connectivity index (χ1) is 4.88. The molecule has 1 unspecified atom stereocenters. The van der Waals surface area contributed by atoms with E-state index in [0.717, 1.165) is 0 Å². The SMILES string of the molecule is CCC(CC(C)C)S(=O)(=O)[O-].[Na+]. The Hall–Kier alpha value is 0.910. The Morgan fingerprint density at radius 3 is 1.83 bits per heavy atom. The molecule has 0 aromatic heterocycles. The second kappa shape index (κ2) is 6.38. The van der Waals surface area contributed by atoms with Crippen molar-refractivity contribution in [2.75, 3.05) is 0 Å². The Morgan fingerprint density at radius 1 is 1.33 bits per heavy atom. The molecule has 0 aromatic carbocycles. The second-order valence-corrected chi connectivity index (χ2v) is 4.80. The van der Waals surface area contributed by atoms with Gasteiger partial charge in [0.1, 0.15) is 0 Å². The maximum atomic E-state index is 10.5. The topological polar surface area (TPSA) is 57.2 Å². The van der Waals surface area contributed by atoms with Crippen LogP contribution >= 0.6 is 0 Å². The molecule has 0 bridgehead atoms. The van der Waals surface area contributed by atoms with Gasteiger partial charge in [-0.3, -0.25) is 0 Å². The molecule has 1 atom stereocenters. The predicted molar refractivity (Wildman–Crippen MR) is 43.2 cm³/mol. The Kier molecular flexibility index (Phi) is 8.18. The summed E-state index contributed by atoms with van der Waals surface area (Å²) in [6.07, 6.45) is 0.895.